The summed E-state index contributed by atoms with van der Waals surface area (Å²) in [7, 11) is -3.83. The lowest BCUT2D eigenvalue weighted by Gasteiger charge is -2.08. The van der Waals surface area contributed by atoms with E-state index in [0.29, 0.717) is 32.0 Å². The Morgan fingerprint density at radius 1 is 1.09 bits per heavy atom. The molecule has 9 nitrogen and oxygen atoms in total. The van der Waals surface area contributed by atoms with Crippen LogP contribution in [-0.2, 0) is 10.0 Å². The molecule has 32 heavy (non-hydrogen) atoms. The number of carbonyl (C=O) groups excluding carboxylic acids is 1. The SMILES string of the molecule is NC(=O)N(O)c1ccc(-c2cc(-c3cccc(Cl)c3)n(-c3ccc(S(N)(=O)=O)cc3)n2)s1. The Hall–Kier alpha value is -3.22. The summed E-state index contributed by atoms with van der Waals surface area (Å²) in [5.74, 6) is 0. The molecular weight excluding hydrogens is 474 g/mol. The minimum absolute atomic E-state index is 0.0182. The zero-order valence-electron chi connectivity index (χ0n) is 16.2. The number of primary sulfonamides is 1. The van der Waals surface area contributed by atoms with Crippen molar-refractivity contribution in [3.8, 4) is 27.5 Å². The first kappa shape index (κ1) is 22.0. The fraction of sp³-hybridized carbons (Fsp3) is 0. The van der Waals surface area contributed by atoms with Gasteiger partial charge in [0.05, 0.1) is 21.2 Å². The summed E-state index contributed by atoms with van der Waals surface area (Å²) in [5.41, 5.74) is 7.74. The van der Waals surface area contributed by atoms with Crippen LogP contribution in [0.3, 0.4) is 0 Å². The van der Waals surface area contributed by atoms with Gasteiger partial charge in [0.2, 0.25) is 10.0 Å². The summed E-state index contributed by atoms with van der Waals surface area (Å²) in [6.45, 7) is 0. The molecule has 0 bridgehead atoms. The van der Waals surface area contributed by atoms with Gasteiger partial charge >= 0.3 is 6.03 Å². The Kier molecular flexibility index (Phi) is 5.75. The normalized spacial score (nSPS) is 11.5. The Labute approximate surface area is 192 Å². The molecule has 0 aliphatic carbocycles. The number of sulfonamides is 1. The maximum absolute atomic E-state index is 11.6. The summed E-state index contributed by atoms with van der Waals surface area (Å²) in [6, 6.07) is 17.2. The number of hydrogen-bond acceptors (Lipinski definition) is 6. The topological polar surface area (TPSA) is 145 Å². The first-order valence-electron chi connectivity index (χ1n) is 9.01. The monoisotopic (exact) mass is 489 g/mol. The van der Waals surface area contributed by atoms with Crippen molar-refractivity contribution in [3.05, 3.63) is 71.8 Å². The number of halogens is 1. The van der Waals surface area contributed by atoms with Gasteiger partial charge in [0.15, 0.2) is 0 Å². The highest BCUT2D eigenvalue weighted by atomic mass is 35.5. The van der Waals surface area contributed by atoms with Crippen molar-refractivity contribution in [1.29, 1.82) is 0 Å². The Morgan fingerprint density at radius 3 is 2.44 bits per heavy atom. The maximum Gasteiger partial charge on any atom is 0.344 e. The number of urea groups is 1. The first-order chi connectivity index (χ1) is 15.1. The Balaban J connectivity index is 1.84. The van der Waals surface area contributed by atoms with Crippen LogP contribution in [0.15, 0.2) is 71.6 Å². The van der Waals surface area contributed by atoms with Crippen LogP contribution in [0.4, 0.5) is 9.80 Å². The summed E-state index contributed by atoms with van der Waals surface area (Å²) in [5, 5.41) is 20.7. The van der Waals surface area contributed by atoms with Gasteiger partial charge in [0, 0.05) is 10.6 Å². The van der Waals surface area contributed by atoms with E-state index in [9.17, 15) is 18.4 Å². The van der Waals surface area contributed by atoms with Crippen LogP contribution in [0.2, 0.25) is 5.02 Å². The van der Waals surface area contributed by atoms with Crippen molar-refractivity contribution in [2.45, 2.75) is 4.90 Å². The smallest absolute Gasteiger partial charge is 0.344 e. The van der Waals surface area contributed by atoms with Crippen LogP contribution in [0.25, 0.3) is 27.5 Å². The number of primary amides is 1. The van der Waals surface area contributed by atoms with Crippen LogP contribution in [0, 0.1) is 0 Å². The molecule has 0 spiro atoms. The molecule has 164 valence electrons. The highest BCUT2D eigenvalue weighted by Crippen LogP contribution is 2.36. The minimum Gasteiger partial charge on any atom is -0.349 e. The molecule has 0 aliphatic rings. The summed E-state index contributed by atoms with van der Waals surface area (Å²) in [6.07, 6.45) is 0. The first-order valence-corrected chi connectivity index (χ1v) is 11.8. The summed E-state index contributed by atoms with van der Waals surface area (Å²) >= 11 is 7.29. The molecule has 4 rings (SSSR count). The van der Waals surface area contributed by atoms with Gasteiger partial charge in [-0.15, -0.1) is 11.3 Å². The third-order valence-corrected chi connectivity index (χ3v) is 6.75. The van der Waals surface area contributed by atoms with Crippen LogP contribution in [0.1, 0.15) is 0 Å². The van der Waals surface area contributed by atoms with Gasteiger partial charge in [-0.05, 0) is 54.6 Å². The van der Waals surface area contributed by atoms with Crippen molar-refractivity contribution >= 4 is 44.0 Å². The number of benzene rings is 2. The lowest BCUT2D eigenvalue weighted by molar-refractivity contribution is 0.213. The molecule has 0 saturated heterocycles. The van der Waals surface area contributed by atoms with Crippen molar-refractivity contribution < 1.29 is 18.4 Å². The summed E-state index contributed by atoms with van der Waals surface area (Å²) in [4.78, 5) is 11.9. The number of hydrogen-bond donors (Lipinski definition) is 3. The van der Waals surface area contributed by atoms with E-state index in [2.05, 4.69) is 5.10 Å². The van der Waals surface area contributed by atoms with E-state index in [-0.39, 0.29) is 9.90 Å². The van der Waals surface area contributed by atoms with Crippen molar-refractivity contribution in [1.82, 2.24) is 9.78 Å². The molecule has 0 fully saturated rings. The molecule has 2 amide bonds. The average molecular weight is 490 g/mol. The average Bonchev–Trinajstić information content (AvgIpc) is 3.40. The van der Waals surface area contributed by atoms with Crippen molar-refractivity contribution in [3.63, 3.8) is 0 Å². The number of carbonyl (C=O) groups is 1. The molecule has 0 saturated carbocycles. The fourth-order valence-electron chi connectivity index (χ4n) is 3.02. The molecule has 2 aromatic heterocycles. The highest BCUT2D eigenvalue weighted by Gasteiger charge is 2.18. The lowest BCUT2D eigenvalue weighted by Crippen LogP contribution is -2.31. The number of anilines is 1. The van der Waals surface area contributed by atoms with Gasteiger partial charge in [-0.1, -0.05) is 23.7 Å². The third kappa shape index (κ3) is 4.38. The minimum atomic E-state index is -3.83. The van der Waals surface area contributed by atoms with E-state index in [1.165, 1.54) is 12.1 Å². The molecule has 12 heteroatoms. The number of amides is 2. The van der Waals surface area contributed by atoms with Gasteiger partial charge in [-0.3, -0.25) is 5.21 Å². The van der Waals surface area contributed by atoms with E-state index < -0.39 is 16.1 Å². The fourth-order valence-corrected chi connectivity index (χ4v) is 4.60. The predicted molar refractivity (Wildman–Crippen MR) is 123 cm³/mol. The number of hydroxylamine groups is 1. The second-order valence-corrected chi connectivity index (χ2v) is 9.72. The Morgan fingerprint density at radius 2 is 1.81 bits per heavy atom. The second-order valence-electron chi connectivity index (χ2n) is 6.66. The standard InChI is InChI=1S/C20H16ClN5O4S2/c21-13-3-1-2-12(10-13)17-11-16(18-8-9-19(31-18)26(28)20(22)27)24-25(17)14-4-6-15(7-5-14)32(23,29)30/h1-11,28H,(H2,22,27)(H2,23,29,30). The molecule has 0 unspecified atom stereocenters. The van der Waals surface area contributed by atoms with Crippen LogP contribution in [-0.4, -0.2) is 29.4 Å². The van der Waals surface area contributed by atoms with E-state index in [1.807, 2.05) is 12.1 Å². The van der Waals surface area contributed by atoms with E-state index in [0.717, 1.165) is 16.9 Å². The number of rotatable bonds is 5. The van der Waals surface area contributed by atoms with Crippen molar-refractivity contribution in [2.24, 2.45) is 10.9 Å². The molecule has 0 atom stereocenters. The number of nitrogens with two attached hydrogens (primary N) is 2. The molecule has 0 aliphatic heterocycles. The van der Waals surface area contributed by atoms with Crippen LogP contribution in [0.5, 0.6) is 0 Å². The molecule has 4 aromatic rings. The zero-order valence-corrected chi connectivity index (χ0v) is 18.6. The molecule has 2 heterocycles. The largest absolute Gasteiger partial charge is 0.349 e. The van der Waals surface area contributed by atoms with Gasteiger partial charge in [-0.2, -0.15) is 10.2 Å². The molecule has 0 radical (unpaired) electrons. The second kappa shape index (κ2) is 8.37. The van der Waals surface area contributed by atoms with Crippen LogP contribution < -0.4 is 15.9 Å². The number of nitrogens with zero attached hydrogens (tertiary/aromatic N) is 3. The predicted octanol–water partition coefficient (Wildman–Crippen LogP) is 3.84. The Bertz CT molecular complexity index is 1410. The van der Waals surface area contributed by atoms with Gasteiger partial charge < -0.3 is 5.73 Å². The lowest BCUT2D eigenvalue weighted by atomic mass is 10.1. The third-order valence-electron chi connectivity index (χ3n) is 4.50. The van der Waals surface area contributed by atoms with Gasteiger partial charge in [-0.25, -0.2) is 23.0 Å². The van der Waals surface area contributed by atoms with E-state index in [4.69, 9.17) is 22.5 Å². The molecular formula is C20H16ClN5O4S2. The molecule has 2 aromatic carbocycles. The quantitative estimate of drug-likeness (QED) is 0.288. The number of aromatic nitrogens is 2. The van der Waals surface area contributed by atoms with E-state index >= 15 is 0 Å². The zero-order chi connectivity index (χ0) is 23.0. The van der Waals surface area contributed by atoms with Crippen LogP contribution >= 0.6 is 22.9 Å². The molecule has 5 N–H and O–H groups in total. The van der Waals surface area contributed by atoms with Gasteiger partial charge in [0.25, 0.3) is 0 Å². The van der Waals surface area contributed by atoms with Gasteiger partial charge in [0.1, 0.15) is 10.7 Å². The van der Waals surface area contributed by atoms with Crippen molar-refractivity contribution in [2.75, 3.05) is 5.06 Å². The number of thiophene rings is 1. The maximum atomic E-state index is 11.6. The summed E-state index contributed by atoms with van der Waals surface area (Å²) < 4.78 is 24.8. The van der Waals surface area contributed by atoms with E-state index in [1.54, 1.807) is 47.1 Å². The highest BCUT2D eigenvalue weighted by molar-refractivity contribution is 7.89.